The van der Waals surface area contributed by atoms with Crippen LogP contribution in [0.3, 0.4) is 0 Å². The van der Waals surface area contributed by atoms with Crippen LogP contribution in [-0.2, 0) is 0 Å². The van der Waals surface area contributed by atoms with Gasteiger partial charge in [-0.15, -0.1) is 0 Å². The summed E-state index contributed by atoms with van der Waals surface area (Å²) >= 11 is 3.23. The van der Waals surface area contributed by atoms with Gasteiger partial charge in [-0.3, -0.25) is 4.79 Å². The zero-order valence-corrected chi connectivity index (χ0v) is 11.1. The van der Waals surface area contributed by atoms with E-state index in [1.807, 2.05) is 7.05 Å². The van der Waals surface area contributed by atoms with Gasteiger partial charge in [-0.25, -0.2) is 4.98 Å². The minimum atomic E-state index is -0.0624. The molecule has 0 aliphatic rings. The van der Waals surface area contributed by atoms with Crippen LogP contribution in [0, 0.1) is 0 Å². The fourth-order valence-electron chi connectivity index (χ4n) is 1.16. The maximum Gasteiger partial charge on any atom is 0.251 e. The highest BCUT2D eigenvalue weighted by atomic mass is 79.9. The maximum absolute atomic E-state index is 11.7. The lowest BCUT2D eigenvalue weighted by Gasteiger charge is -2.13. The van der Waals surface area contributed by atoms with Gasteiger partial charge in [-0.2, -0.15) is 0 Å². The van der Waals surface area contributed by atoms with Crippen molar-refractivity contribution in [1.82, 2.24) is 15.2 Å². The van der Waals surface area contributed by atoms with Crippen molar-refractivity contribution in [3.63, 3.8) is 0 Å². The lowest BCUT2D eigenvalue weighted by molar-refractivity contribution is 0.0950. The Kier molecular flexibility index (Phi) is 5.42. The van der Waals surface area contributed by atoms with Gasteiger partial charge < -0.3 is 10.2 Å². The van der Waals surface area contributed by atoms with Gasteiger partial charge in [0.2, 0.25) is 0 Å². The van der Waals surface area contributed by atoms with Crippen LogP contribution in [0.5, 0.6) is 0 Å². The second-order valence-electron chi connectivity index (χ2n) is 3.52. The van der Waals surface area contributed by atoms with Gasteiger partial charge in [0.1, 0.15) is 4.60 Å². The van der Waals surface area contributed by atoms with E-state index >= 15 is 0 Å². The molecule has 1 aromatic heterocycles. The molecule has 1 aromatic rings. The van der Waals surface area contributed by atoms with E-state index in [-0.39, 0.29) is 5.91 Å². The van der Waals surface area contributed by atoms with E-state index in [9.17, 15) is 4.79 Å². The average molecular weight is 286 g/mol. The van der Waals surface area contributed by atoms with E-state index < -0.39 is 0 Å². The fourth-order valence-corrected chi connectivity index (χ4v) is 1.53. The molecule has 0 aromatic carbocycles. The van der Waals surface area contributed by atoms with Gasteiger partial charge in [0.25, 0.3) is 5.91 Å². The van der Waals surface area contributed by atoms with Gasteiger partial charge in [0, 0.05) is 24.8 Å². The summed E-state index contributed by atoms with van der Waals surface area (Å²) in [6.07, 6.45) is 1.61. The Morgan fingerprint density at radius 2 is 2.38 bits per heavy atom. The molecule has 0 aliphatic heterocycles. The highest BCUT2D eigenvalue weighted by Crippen LogP contribution is 2.07. The Labute approximate surface area is 104 Å². The van der Waals surface area contributed by atoms with Crippen molar-refractivity contribution in [2.24, 2.45) is 0 Å². The van der Waals surface area contributed by atoms with Crippen LogP contribution >= 0.6 is 15.9 Å². The lowest BCUT2D eigenvalue weighted by Crippen LogP contribution is -2.32. The molecule has 0 saturated carbocycles. The van der Waals surface area contributed by atoms with Crippen LogP contribution in [-0.4, -0.2) is 42.5 Å². The van der Waals surface area contributed by atoms with E-state index in [2.05, 4.69) is 38.1 Å². The maximum atomic E-state index is 11.7. The highest BCUT2D eigenvalue weighted by molar-refractivity contribution is 9.10. The summed E-state index contributed by atoms with van der Waals surface area (Å²) in [6.45, 7) is 4.58. The first-order valence-electron chi connectivity index (χ1n) is 5.21. The second kappa shape index (κ2) is 6.60. The molecule has 88 valence electrons. The summed E-state index contributed by atoms with van der Waals surface area (Å²) in [5, 5.41) is 2.86. The van der Waals surface area contributed by atoms with Crippen LogP contribution in [0.4, 0.5) is 0 Å². The molecule has 16 heavy (non-hydrogen) atoms. The SMILES string of the molecule is CCN(C)CCNC(=O)c1ccnc(Br)c1. The van der Waals surface area contributed by atoms with Crippen LogP contribution in [0.1, 0.15) is 17.3 Å². The molecule has 0 bridgehead atoms. The van der Waals surface area contributed by atoms with Gasteiger partial charge >= 0.3 is 0 Å². The van der Waals surface area contributed by atoms with E-state index in [0.717, 1.165) is 13.1 Å². The van der Waals surface area contributed by atoms with E-state index in [1.54, 1.807) is 18.3 Å². The van der Waals surface area contributed by atoms with E-state index in [0.29, 0.717) is 16.7 Å². The normalized spacial score (nSPS) is 10.5. The van der Waals surface area contributed by atoms with Crippen LogP contribution in [0.15, 0.2) is 22.9 Å². The molecule has 0 unspecified atom stereocenters. The van der Waals surface area contributed by atoms with Crippen molar-refractivity contribution in [2.45, 2.75) is 6.92 Å². The van der Waals surface area contributed by atoms with Gasteiger partial charge in [0.05, 0.1) is 0 Å². The summed E-state index contributed by atoms with van der Waals surface area (Å²) in [5.41, 5.74) is 0.626. The second-order valence-corrected chi connectivity index (χ2v) is 4.33. The Hall–Kier alpha value is -0.940. The number of pyridine rings is 1. The molecular weight excluding hydrogens is 270 g/mol. The number of carbonyl (C=O) groups is 1. The largest absolute Gasteiger partial charge is 0.351 e. The Balaban J connectivity index is 2.41. The van der Waals surface area contributed by atoms with Crippen molar-refractivity contribution >= 4 is 21.8 Å². The molecule has 0 spiro atoms. The third-order valence-electron chi connectivity index (χ3n) is 2.31. The zero-order chi connectivity index (χ0) is 12.0. The zero-order valence-electron chi connectivity index (χ0n) is 9.53. The van der Waals surface area contributed by atoms with Gasteiger partial charge in [0.15, 0.2) is 0 Å². The van der Waals surface area contributed by atoms with Crippen molar-refractivity contribution in [3.05, 3.63) is 28.5 Å². The molecular formula is C11H16BrN3O. The molecule has 0 fully saturated rings. The number of rotatable bonds is 5. The number of nitrogens with zero attached hydrogens (tertiary/aromatic N) is 2. The van der Waals surface area contributed by atoms with Crippen molar-refractivity contribution in [3.8, 4) is 0 Å². The monoisotopic (exact) mass is 285 g/mol. The van der Waals surface area contributed by atoms with Gasteiger partial charge in [-0.05, 0) is 41.7 Å². The number of halogens is 1. The third kappa shape index (κ3) is 4.28. The predicted octanol–water partition coefficient (Wildman–Crippen LogP) is 1.53. The number of nitrogens with one attached hydrogen (secondary N) is 1. The number of aromatic nitrogens is 1. The van der Waals surface area contributed by atoms with Crippen LogP contribution in [0.25, 0.3) is 0 Å². The fraction of sp³-hybridized carbons (Fsp3) is 0.455. The molecule has 0 aliphatic carbocycles. The van der Waals surface area contributed by atoms with E-state index in [1.165, 1.54) is 0 Å². The Morgan fingerprint density at radius 3 is 3.00 bits per heavy atom. The average Bonchev–Trinajstić information content (AvgIpc) is 2.28. The minimum Gasteiger partial charge on any atom is -0.351 e. The first-order valence-corrected chi connectivity index (χ1v) is 6.01. The standard InChI is InChI=1S/C11H16BrN3O/c1-3-15(2)7-6-14-11(16)9-4-5-13-10(12)8-9/h4-5,8H,3,6-7H2,1-2H3,(H,14,16). The number of hydrogen-bond donors (Lipinski definition) is 1. The topological polar surface area (TPSA) is 45.2 Å². The molecule has 0 atom stereocenters. The number of likely N-dealkylation sites (N-methyl/N-ethyl adjacent to an activating group) is 1. The van der Waals surface area contributed by atoms with Crippen molar-refractivity contribution in [1.29, 1.82) is 0 Å². The number of amides is 1. The smallest absolute Gasteiger partial charge is 0.251 e. The molecule has 0 saturated heterocycles. The summed E-state index contributed by atoms with van der Waals surface area (Å²) in [6, 6.07) is 3.41. The summed E-state index contributed by atoms with van der Waals surface area (Å²) in [7, 11) is 2.02. The quantitative estimate of drug-likeness (QED) is 0.835. The first kappa shape index (κ1) is 13.1. The molecule has 1 N–H and O–H groups in total. The lowest BCUT2D eigenvalue weighted by atomic mass is 10.2. The molecule has 0 radical (unpaired) electrons. The summed E-state index contributed by atoms with van der Waals surface area (Å²) in [4.78, 5) is 17.8. The minimum absolute atomic E-state index is 0.0624. The summed E-state index contributed by atoms with van der Waals surface area (Å²) in [5.74, 6) is -0.0624. The van der Waals surface area contributed by atoms with E-state index in [4.69, 9.17) is 0 Å². The number of carbonyl (C=O) groups excluding carboxylic acids is 1. The number of hydrogen-bond acceptors (Lipinski definition) is 3. The van der Waals surface area contributed by atoms with Crippen LogP contribution in [0.2, 0.25) is 0 Å². The predicted molar refractivity (Wildman–Crippen MR) is 67.4 cm³/mol. The molecule has 1 heterocycles. The summed E-state index contributed by atoms with van der Waals surface area (Å²) < 4.78 is 0.672. The molecule has 4 nitrogen and oxygen atoms in total. The van der Waals surface area contributed by atoms with Crippen LogP contribution < -0.4 is 5.32 Å². The highest BCUT2D eigenvalue weighted by Gasteiger charge is 2.05. The van der Waals surface area contributed by atoms with Gasteiger partial charge in [-0.1, -0.05) is 6.92 Å². The Morgan fingerprint density at radius 1 is 1.62 bits per heavy atom. The Bertz CT molecular complexity index is 357. The molecule has 5 heteroatoms. The van der Waals surface area contributed by atoms with Crippen molar-refractivity contribution < 1.29 is 4.79 Å². The third-order valence-corrected chi connectivity index (χ3v) is 2.74. The molecule has 1 amide bonds. The molecule has 1 rings (SSSR count). The first-order chi connectivity index (χ1) is 7.63. The van der Waals surface area contributed by atoms with Crippen molar-refractivity contribution in [2.75, 3.05) is 26.7 Å².